The number of amides is 1. The largest absolute Gasteiger partial charge is 0.465 e. The van der Waals surface area contributed by atoms with Crippen molar-refractivity contribution in [3.8, 4) is 0 Å². The number of benzene rings is 4. The third-order valence-electron chi connectivity index (χ3n) is 16.7. The van der Waals surface area contributed by atoms with Crippen molar-refractivity contribution in [2.24, 2.45) is 35.5 Å². The summed E-state index contributed by atoms with van der Waals surface area (Å²) < 4.78 is 105. The maximum absolute atomic E-state index is 18.4. The Bertz CT molecular complexity index is 2450. The summed E-state index contributed by atoms with van der Waals surface area (Å²) in [5.41, 5.74) is 2.89. The molecule has 0 radical (unpaired) electrons. The quantitative estimate of drug-likeness (QED) is 0.0887. The van der Waals surface area contributed by atoms with Crippen molar-refractivity contribution < 1.29 is 75.6 Å². The number of rotatable bonds is 20. The van der Waals surface area contributed by atoms with E-state index in [4.69, 9.17) is 52.1 Å². The lowest BCUT2D eigenvalue weighted by atomic mass is 9.51. The molecule has 6 aliphatic rings. The Morgan fingerprint density at radius 1 is 0.653 bits per heavy atom. The highest BCUT2D eigenvalue weighted by Crippen LogP contribution is 2.58. The first-order valence-corrected chi connectivity index (χ1v) is 26.2. The second kappa shape index (κ2) is 23.9. The van der Waals surface area contributed by atoms with Gasteiger partial charge in [-0.15, -0.1) is 0 Å². The highest BCUT2D eigenvalue weighted by Gasteiger charge is 2.72. The minimum Gasteiger partial charge on any atom is -0.465 e. The summed E-state index contributed by atoms with van der Waals surface area (Å²) in [6.07, 6.45) is -6.00. The Kier molecular flexibility index (Phi) is 17.1. The van der Waals surface area contributed by atoms with Crippen LogP contribution in [-0.4, -0.2) is 131 Å². The van der Waals surface area contributed by atoms with E-state index in [9.17, 15) is 9.90 Å². The highest BCUT2D eigenvalue weighted by molar-refractivity contribution is 5.85. The smallest absolute Gasteiger partial charge is 0.379 e. The van der Waals surface area contributed by atoms with Gasteiger partial charge in [0, 0.05) is 33.3 Å². The fraction of sp³-hybridized carbons (Fsp3) is 0.552. The van der Waals surface area contributed by atoms with Gasteiger partial charge in [0.15, 0.2) is 0 Å². The first kappa shape index (κ1) is 53.6. The zero-order valence-electron chi connectivity index (χ0n) is 42.6. The number of ether oxygens (including phenoxy) is 11. The van der Waals surface area contributed by atoms with Crippen molar-refractivity contribution in [3.63, 3.8) is 0 Å². The molecular weight excluding hydrogens is 973 g/mol. The molecule has 15 nitrogen and oxygen atoms in total. The van der Waals surface area contributed by atoms with Gasteiger partial charge >= 0.3 is 11.9 Å². The van der Waals surface area contributed by atoms with Crippen LogP contribution in [0.15, 0.2) is 121 Å². The zero-order valence-corrected chi connectivity index (χ0v) is 42.6. The average molecular weight is 1040 g/mol. The van der Waals surface area contributed by atoms with Crippen LogP contribution in [-0.2, 0) is 88.1 Å². The number of carbonyl (C=O) groups excluding carboxylic acids is 2. The number of halogens is 2. The van der Waals surface area contributed by atoms with Gasteiger partial charge in [-0.1, -0.05) is 121 Å². The molecule has 3 saturated heterocycles. The van der Waals surface area contributed by atoms with Crippen LogP contribution in [0.25, 0.3) is 0 Å². The van der Waals surface area contributed by atoms with Crippen LogP contribution in [0.5, 0.6) is 0 Å². The summed E-state index contributed by atoms with van der Waals surface area (Å²) in [5.74, 6) is -13.4. The van der Waals surface area contributed by atoms with Gasteiger partial charge in [-0.05, 0) is 71.6 Å². The Hall–Kier alpha value is -4.76. The van der Waals surface area contributed by atoms with E-state index in [2.05, 4.69) is 5.32 Å². The van der Waals surface area contributed by atoms with Crippen molar-refractivity contribution in [2.75, 3.05) is 41.3 Å². The molecule has 404 valence electrons. The summed E-state index contributed by atoms with van der Waals surface area (Å²) in [6.45, 7) is -0.701. The highest BCUT2D eigenvalue weighted by atomic mass is 19.3. The first-order valence-electron chi connectivity index (χ1n) is 26.2. The van der Waals surface area contributed by atoms with Crippen molar-refractivity contribution in [1.29, 1.82) is 0 Å². The monoisotopic (exact) mass is 1040 g/mol. The number of aliphatic hydroxyl groups is 1. The third kappa shape index (κ3) is 11.2. The number of carbonyl (C=O) groups is 2. The van der Waals surface area contributed by atoms with Crippen LogP contribution in [0, 0.1) is 35.5 Å². The number of fused-ring (bicyclic) bond motifs is 3. The van der Waals surface area contributed by atoms with Gasteiger partial charge < -0.3 is 62.5 Å². The Morgan fingerprint density at radius 3 is 1.69 bits per heavy atom. The second-order valence-corrected chi connectivity index (χ2v) is 20.9. The van der Waals surface area contributed by atoms with Crippen LogP contribution < -0.4 is 5.32 Å². The van der Waals surface area contributed by atoms with Gasteiger partial charge in [-0.2, -0.15) is 8.78 Å². The third-order valence-corrected chi connectivity index (χ3v) is 16.7. The summed E-state index contributed by atoms with van der Waals surface area (Å²) >= 11 is 0. The van der Waals surface area contributed by atoms with Crippen LogP contribution >= 0.6 is 0 Å². The molecule has 3 aliphatic heterocycles. The minimum atomic E-state index is -4.75. The summed E-state index contributed by atoms with van der Waals surface area (Å²) in [7, 11) is 4.87. The number of hydrogen-bond donors (Lipinski definition) is 2. The van der Waals surface area contributed by atoms with Gasteiger partial charge in [0.25, 0.3) is 11.7 Å². The molecule has 1 amide bonds. The Labute approximate surface area is 436 Å². The van der Waals surface area contributed by atoms with Gasteiger partial charge in [-0.25, -0.2) is 0 Å². The number of hydrogen-bond acceptors (Lipinski definition) is 14. The molecule has 4 aromatic rings. The van der Waals surface area contributed by atoms with Gasteiger partial charge in [-0.3, -0.25) is 9.59 Å². The molecule has 2 N–H and O–H groups in total. The topological polar surface area (TPSA) is 168 Å². The summed E-state index contributed by atoms with van der Waals surface area (Å²) in [4.78, 5) is 29.3. The van der Waals surface area contributed by atoms with Crippen molar-refractivity contribution in [2.45, 2.75) is 125 Å². The number of alkyl halides is 2. The second-order valence-electron chi connectivity index (χ2n) is 20.9. The SMILES string of the molecule is COC1CC([C@@H]2C3CC4OCOC4CC3[C@@H](NC(=O)C(F)(F)[C@]3(O)O[C@H](COCc4ccccc4)[C@H](OCc4ccccc4)[C@H](OCc4ccccc4)[C@H]3OCc3ccccc3)[C@H]3COC(=O)[C@H]23)CC(OC)C1OC. The lowest BCUT2D eigenvalue weighted by Crippen LogP contribution is -2.76. The molecule has 75 heavy (non-hydrogen) atoms. The van der Waals surface area contributed by atoms with Crippen molar-refractivity contribution in [3.05, 3.63) is 144 Å². The molecule has 3 heterocycles. The van der Waals surface area contributed by atoms with Crippen molar-refractivity contribution in [1.82, 2.24) is 5.32 Å². The van der Waals surface area contributed by atoms with E-state index in [1.165, 1.54) is 0 Å². The Morgan fingerprint density at radius 2 is 1.16 bits per heavy atom. The van der Waals surface area contributed by atoms with E-state index in [1.54, 1.807) is 45.6 Å². The number of esters is 1. The van der Waals surface area contributed by atoms with Crippen LogP contribution in [0.2, 0.25) is 0 Å². The number of cyclic esters (lactones) is 1. The minimum absolute atomic E-state index is 0.00716. The van der Waals surface area contributed by atoms with E-state index in [1.807, 2.05) is 97.1 Å². The molecule has 3 saturated carbocycles. The first-order chi connectivity index (χ1) is 36.5. The molecule has 6 unspecified atom stereocenters. The van der Waals surface area contributed by atoms with Crippen LogP contribution in [0.4, 0.5) is 8.78 Å². The van der Waals surface area contributed by atoms with E-state index < -0.39 is 71.8 Å². The van der Waals surface area contributed by atoms with E-state index in [-0.39, 0.29) is 94.7 Å². The maximum atomic E-state index is 18.4. The lowest BCUT2D eigenvalue weighted by Gasteiger charge is -2.56. The molecule has 0 aromatic heterocycles. The molecule has 6 fully saturated rings. The number of methoxy groups -OCH3 is 3. The molecule has 4 aromatic carbocycles. The maximum Gasteiger partial charge on any atom is 0.379 e. The summed E-state index contributed by atoms with van der Waals surface area (Å²) in [6, 6.07) is 35.6. The molecule has 10 rings (SSSR count). The normalized spacial score (nSPS) is 35.5. The number of nitrogens with one attached hydrogen (secondary N) is 1. The van der Waals surface area contributed by atoms with E-state index >= 15 is 13.6 Å². The molecule has 0 bridgehead atoms. The van der Waals surface area contributed by atoms with Crippen molar-refractivity contribution >= 4 is 11.9 Å². The van der Waals surface area contributed by atoms with Gasteiger partial charge in [0.2, 0.25) is 0 Å². The predicted molar refractivity (Wildman–Crippen MR) is 265 cm³/mol. The van der Waals surface area contributed by atoms with Gasteiger partial charge in [0.1, 0.15) is 37.3 Å². The molecule has 15 atom stereocenters. The van der Waals surface area contributed by atoms with E-state index in [0.717, 1.165) is 11.1 Å². The molecular formula is C58H69F2NO14. The molecule has 0 spiro atoms. The fourth-order valence-electron chi connectivity index (χ4n) is 13.2. The fourth-order valence-corrected chi connectivity index (χ4v) is 13.2. The van der Waals surface area contributed by atoms with E-state index in [0.29, 0.717) is 36.8 Å². The van der Waals surface area contributed by atoms with Crippen LogP contribution in [0.3, 0.4) is 0 Å². The van der Waals surface area contributed by atoms with Gasteiger partial charge in [0.05, 0.1) is 70.0 Å². The lowest BCUT2D eigenvalue weighted by molar-refractivity contribution is -0.415. The molecule has 17 heteroatoms. The zero-order chi connectivity index (χ0) is 52.1. The Balaban J connectivity index is 1.01. The average Bonchev–Trinajstić information content (AvgIpc) is 4.08. The predicted octanol–water partition coefficient (Wildman–Crippen LogP) is 6.81. The standard InChI is InChI=1S/C58H69F2NO14/c1-65-45-24-39(25-46(66-2)51(45)67-3)48-40-26-43-44(74-34-73-43)27-41(40)50(42-32-72-55(62)49(42)48)61-56(63)57(59,60)58(64)54(71-31-38-22-14-7-15-23-38)53(70-30-37-20-12-6-13-21-37)52(69-29-36-18-10-5-11-19-36)47(75-58)33-68-28-35-16-8-4-9-17-35/h4-23,39-54,64H,24-34H2,1-3H3,(H,61,63)/t39?,40?,41?,42-,43?,44?,45?,46?,47+,48+,49-,50+,51?,52-,53-,54+,58+/m0/s1. The summed E-state index contributed by atoms with van der Waals surface area (Å²) in [5, 5.41) is 15.9. The molecule has 3 aliphatic carbocycles. The van der Waals surface area contributed by atoms with Crippen LogP contribution in [0.1, 0.15) is 47.9 Å².